The summed E-state index contributed by atoms with van der Waals surface area (Å²) in [5, 5.41) is 31.5. The zero-order valence-corrected chi connectivity index (χ0v) is 10.7. The summed E-state index contributed by atoms with van der Waals surface area (Å²) in [6.45, 7) is 10.6. The summed E-state index contributed by atoms with van der Waals surface area (Å²) in [6, 6.07) is 0. The van der Waals surface area contributed by atoms with E-state index in [1.54, 1.807) is 6.92 Å². The van der Waals surface area contributed by atoms with Crippen molar-refractivity contribution in [3.63, 3.8) is 0 Å². The highest BCUT2D eigenvalue weighted by Crippen LogP contribution is 1.81. The van der Waals surface area contributed by atoms with E-state index >= 15 is 0 Å². The van der Waals surface area contributed by atoms with Gasteiger partial charge in [0.25, 0.3) is 0 Å². The second-order valence-electron chi connectivity index (χ2n) is 3.27. The summed E-state index contributed by atoms with van der Waals surface area (Å²) >= 11 is 0. The fraction of sp³-hybridized carbons (Fsp3) is 0.455. The molecule has 7 heteroatoms. The fourth-order valence-electron chi connectivity index (χ4n) is 0.0333. The Morgan fingerprint density at radius 3 is 1.33 bits per heavy atom. The molecule has 0 fully saturated rings. The molecular weight excluding hydrogens is 244 g/mol. The summed E-state index contributed by atoms with van der Waals surface area (Å²) in [4.78, 5) is 22.8. The van der Waals surface area contributed by atoms with Gasteiger partial charge in [-0.15, -0.1) is 0 Å². The Bertz CT molecular complexity index is 231. The van der Waals surface area contributed by atoms with Gasteiger partial charge in [-0.3, -0.25) is 5.26 Å². The Morgan fingerprint density at radius 1 is 1.11 bits per heavy atom. The molecular formula is C11H20O7. The van der Waals surface area contributed by atoms with E-state index in [0.29, 0.717) is 0 Å². The summed E-state index contributed by atoms with van der Waals surface area (Å²) in [5.41, 5.74) is 0.352. The number of hydrogen-bond donors (Lipinski definition) is 4. The summed E-state index contributed by atoms with van der Waals surface area (Å²) in [6.07, 6.45) is -0.454. The van der Waals surface area contributed by atoms with Crippen molar-refractivity contribution in [1.29, 1.82) is 0 Å². The van der Waals surface area contributed by atoms with Crippen LogP contribution in [0.15, 0.2) is 24.3 Å². The van der Waals surface area contributed by atoms with Gasteiger partial charge in [0, 0.05) is 11.1 Å². The van der Waals surface area contributed by atoms with E-state index in [4.69, 9.17) is 20.6 Å². The third-order valence-corrected chi connectivity index (χ3v) is 1.17. The molecule has 0 rings (SSSR count). The van der Waals surface area contributed by atoms with Crippen LogP contribution in [0.3, 0.4) is 0 Å². The topological polar surface area (TPSA) is 124 Å². The van der Waals surface area contributed by atoms with Crippen molar-refractivity contribution in [1.82, 2.24) is 0 Å². The van der Waals surface area contributed by atoms with Crippen LogP contribution in [-0.4, -0.2) is 45.2 Å². The molecule has 0 radical (unpaired) electrons. The maximum atomic E-state index is 9.60. The molecule has 0 bridgehead atoms. The first-order valence-corrected chi connectivity index (χ1v) is 4.78. The second-order valence-corrected chi connectivity index (χ2v) is 3.27. The molecule has 4 N–H and O–H groups in total. The van der Waals surface area contributed by atoms with Gasteiger partial charge in [-0.2, -0.15) is 0 Å². The first-order chi connectivity index (χ1) is 8.09. The van der Waals surface area contributed by atoms with Crippen molar-refractivity contribution in [2.75, 3.05) is 6.61 Å². The average molecular weight is 264 g/mol. The van der Waals surface area contributed by atoms with Crippen LogP contribution in [0.1, 0.15) is 20.8 Å². The van der Waals surface area contributed by atoms with Crippen LogP contribution in [0.4, 0.5) is 0 Å². The molecule has 1 atom stereocenters. The van der Waals surface area contributed by atoms with Crippen molar-refractivity contribution in [2.24, 2.45) is 0 Å². The number of carbonyl (C=O) groups is 2. The second kappa shape index (κ2) is 13.4. The van der Waals surface area contributed by atoms with Crippen molar-refractivity contribution < 1.29 is 35.1 Å². The minimum atomic E-state index is -0.935. The predicted octanol–water partition coefficient (Wildman–Crippen LogP) is 1.15. The van der Waals surface area contributed by atoms with E-state index in [-0.39, 0.29) is 17.8 Å². The standard InChI is InChI=1S/2C4H6O2.C3H8O3/c2*1-3(2)4(5)6;1-3(2-4)6-5/h2*1H2,2H3,(H,5,6);3-5H,2H2,1H3. The Labute approximate surface area is 106 Å². The highest BCUT2D eigenvalue weighted by atomic mass is 17.1. The van der Waals surface area contributed by atoms with Gasteiger partial charge in [-0.05, 0) is 20.8 Å². The normalized spacial score (nSPS) is 9.83. The van der Waals surface area contributed by atoms with Crippen molar-refractivity contribution in [3.05, 3.63) is 24.3 Å². The van der Waals surface area contributed by atoms with Gasteiger partial charge in [-0.1, -0.05) is 13.2 Å². The first kappa shape index (κ1) is 21.6. The van der Waals surface area contributed by atoms with Crippen LogP contribution >= 0.6 is 0 Å². The lowest BCUT2D eigenvalue weighted by Crippen LogP contribution is -2.09. The van der Waals surface area contributed by atoms with Gasteiger partial charge in [0.05, 0.1) is 6.61 Å². The van der Waals surface area contributed by atoms with Gasteiger partial charge < -0.3 is 15.3 Å². The Hall–Kier alpha value is -1.70. The Balaban J connectivity index is -0.000000187. The zero-order chi connectivity index (χ0) is 15.3. The lowest BCUT2D eigenvalue weighted by molar-refractivity contribution is -0.279. The van der Waals surface area contributed by atoms with E-state index in [1.165, 1.54) is 13.8 Å². The molecule has 0 saturated carbocycles. The van der Waals surface area contributed by atoms with E-state index < -0.39 is 18.0 Å². The molecule has 0 aromatic heterocycles. The van der Waals surface area contributed by atoms with Crippen LogP contribution in [0.25, 0.3) is 0 Å². The SMILES string of the molecule is C=C(C)C(=O)O.C=C(C)C(=O)O.CC(CO)OO. The molecule has 0 heterocycles. The minimum Gasteiger partial charge on any atom is -0.478 e. The van der Waals surface area contributed by atoms with Crippen molar-refractivity contribution in [3.8, 4) is 0 Å². The lowest BCUT2D eigenvalue weighted by atomic mass is 10.4. The Kier molecular flexibility index (Phi) is 16.0. The van der Waals surface area contributed by atoms with Gasteiger partial charge in [0.1, 0.15) is 6.10 Å². The average Bonchev–Trinajstić information content (AvgIpc) is 2.29. The van der Waals surface area contributed by atoms with Gasteiger partial charge in [-0.25, -0.2) is 14.5 Å². The van der Waals surface area contributed by atoms with E-state index in [9.17, 15) is 9.59 Å². The van der Waals surface area contributed by atoms with E-state index in [2.05, 4.69) is 18.0 Å². The lowest BCUT2D eigenvalue weighted by Gasteiger charge is -1.97. The highest BCUT2D eigenvalue weighted by Gasteiger charge is 1.93. The monoisotopic (exact) mass is 264 g/mol. The molecule has 1 unspecified atom stereocenters. The summed E-state index contributed by atoms with van der Waals surface area (Å²) < 4.78 is 0. The predicted molar refractivity (Wildman–Crippen MR) is 65.2 cm³/mol. The quantitative estimate of drug-likeness (QED) is 0.341. The molecule has 0 saturated heterocycles. The number of aliphatic hydroxyl groups is 1. The molecule has 0 aliphatic rings. The molecule has 18 heavy (non-hydrogen) atoms. The molecule has 7 nitrogen and oxygen atoms in total. The van der Waals surface area contributed by atoms with Gasteiger partial charge in [0.2, 0.25) is 0 Å². The Morgan fingerprint density at radius 2 is 1.33 bits per heavy atom. The molecule has 0 aliphatic carbocycles. The number of aliphatic hydroxyl groups excluding tert-OH is 1. The molecule has 106 valence electrons. The van der Waals surface area contributed by atoms with Crippen LogP contribution in [0, 0.1) is 0 Å². The van der Waals surface area contributed by atoms with Crippen LogP contribution in [-0.2, 0) is 14.5 Å². The number of carboxylic acid groups (broad SMARTS) is 2. The fourth-order valence-corrected chi connectivity index (χ4v) is 0.0333. The van der Waals surface area contributed by atoms with Crippen LogP contribution < -0.4 is 0 Å². The van der Waals surface area contributed by atoms with Crippen molar-refractivity contribution in [2.45, 2.75) is 26.9 Å². The zero-order valence-electron chi connectivity index (χ0n) is 10.7. The molecule has 0 amide bonds. The number of rotatable bonds is 4. The molecule has 0 spiro atoms. The first-order valence-electron chi connectivity index (χ1n) is 4.78. The van der Waals surface area contributed by atoms with Crippen LogP contribution in [0.2, 0.25) is 0 Å². The van der Waals surface area contributed by atoms with Gasteiger partial charge >= 0.3 is 11.9 Å². The summed E-state index contributed by atoms with van der Waals surface area (Å²) in [7, 11) is 0. The third-order valence-electron chi connectivity index (χ3n) is 1.17. The highest BCUT2D eigenvalue weighted by molar-refractivity contribution is 5.85. The molecule has 0 aliphatic heterocycles. The number of carboxylic acids is 2. The smallest absolute Gasteiger partial charge is 0.330 e. The largest absolute Gasteiger partial charge is 0.478 e. The van der Waals surface area contributed by atoms with Gasteiger partial charge in [0.15, 0.2) is 0 Å². The number of hydrogen-bond acceptors (Lipinski definition) is 5. The third kappa shape index (κ3) is 23.8. The van der Waals surface area contributed by atoms with Crippen molar-refractivity contribution >= 4 is 11.9 Å². The summed E-state index contributed by atoms with van der Waals surface area (Å²) in [5.74, 6) is -1.87. The maximum Gasteiger partial charge on any atom is 0.330 e. The molecule has 0 aromatic carbocycles. The maximum absolute atomic E-state index is 9.60. The van der Waals surface area contributed by atoms with E-state index in [1.807, 2.05) is 0 Å². The van der Waals surface area contributed by atoms with E-state index in [0.717, 1.165) is 0 Å². The minimum absolute atomic E-state index is 0.142. The number of aliphatic carboxylic acids is 2. The molecule has 0 aromatic rings. The van der Waals surface area contributed by atoms with Crippen LogP contribution in [0.5, 0.6) is 0 Å².